The lowest BCUT2D eigenvalue weighted by molar-refractivity contribution is -0.144. The van der Waals surface area contributed by atoms with Crippen molar-refractivity contribution >= 4 is 18.0 Å². The van der Waals surface area contributed by atoms with Crippen molar-refractivity contribution in [2.24, 2.45) is 0 Å². The van der Waals surface area contributed by atoms with E-state index in [9.17, 15) is 14.4 Å². The van der Waals surface area contributed by atoms with Gasteiger partial charge < -0.3 is 20.1 Å². The monoisotopic (exact) mass is 272 g/mol. The highest BCUT2D eigenvalue weighted by molar-refractivity contribution is 5.83. The van der Waals surface area contributed by atoms with Crippen molar-refractivity contribution in [3.05, 3.63) is 0 Å². The SMILES string of the molecule is CCOC(=O)CC[C@H](NC(=O)N1CCCC1)C(=O)O. The molecule has 0 aromatic rings. The maximum Gasteiger partial charge on any atom is 0.326 e. The van der Waals surface area contributed by atoms with Crippen molar-refractivity contribution in [2.75, 3.05) is 19.7 Å². The van der Waals surface area contributed by atoms with E-state index in [1.807, 2.05) is 0 Å². The predicted molar refractivity (Wildman–Crippen MR) is 66.6 cm³/mol. The van der Waals surface area contributed by atoms with Crippen LogP contribution in [0.15, 0.2) is 0 Å². The summed E-state index contributed by atoms with van der Waals surface area (Å²) < 4.78 is 4.72. The number of amides is 2. The third kappa shape index (κ3) is 5.15. The molecule has 1 rings (SSSR count). The minimum Gasteiger partial charge on any atom is -0.480 e. The highest BCUT2D eigenvalue weighted by Crippen LogP contribution is 2.08. The number of aliphatic carboxylic acids is 1. The number of hydrogen-bond acceptors (Lipinski definition) is 4. The van der Waals surface area contributed by atoms with E-state index in [0.29, 0.717) is 13.1 Å². The third-order valence-electron chi connectivity index (χ3n) is 2.93. The molecule has 1 aliphatic rings. The Kier molecular flexibility index (Phi) is 6.11. The smallest absolute Gasteiger partial charge is 0.326 e. The third-order valence-corrected chi connectivity index (χ3v) is 2.93. The Morgan fingerprint density at radius 1 is 1.32 bits per heavy atom. The molecule has 0 bridgehead atoms. The van der Waals surface area contributed by atoms with Crippen LogP contribution in [-0.2, 0) is 14.3 Å². The van der Waals surface area contributed by atoms with Crippen LogP contribution in [-0.4, -0.2) is 53.7 Å². The molecular weight excluding hydrogens is 252 g/mol. The van der Waals surface area contributed by atoms with Gasteiger partial charge in [-0.15, -0.1) is 0 Å². The Bertz CT molecular complexity index is 339. The number of carbonyl (C=O) groups is 3. The van der Waals surface area contributed by atoms with Gasteiger partial charge in [-0.1, -0.05) is 0 Å². The first-order valence-electron chi connectivity index (χ1n) is 6.48. The number of nitrogens with zero attached hydrogens (tertiary/aromatic N) is 1. The van der Waals surface area contributed by atoms with Gasteiger partial charge in [0.25, 0.3) is 0 Å². The molecule has 0 saturated carbocycles. The van der Waals surface area contributed by atoms with Crippen LogP contribution in [0.25, 0.3) is 0 Å². The van der Waals surface area contributed by atoms with Crippen LogP contribution < -0.4 is 5.32 Å². The van der Waals surface area contributed by atoms with E-state index < -0.39 is 18.0 Å². The van der Waals surface area contributed by atoms with Gasteiger partial charge in [0.05, 0.1) is 6.61 Å². The Hall–Kier alpha value is -1.79. The molecule has 0 spiro atoms. The maximum atomic E-state index is 11.8. The molecule has 1 aliphatic heterocycles. The summed E-state index contributed by atoms with van der Waals surface area (Å²) in [5.41, 5.74) is 0. The second-order valence-corrected chi connectivity index (χ2v) is 4.38. The lowest BCUT2D eigenvalue weighted by Gasteiger charge is -2.20. The van der Waals surface area contributed by atoms with Crippen molar-refractivity contribution in [1.29, 1.82) is 0 Å². The molecule has 0 aromatic heterocycles. The number of rotatable bonds is 6. The molecule has 1 atom stereocenters. The molecule has 2 amide bonds. The largest absolute Gasteiger partial charge is 0.480 e. The molecule has 7 heteroatoms. The highest BCUT2D eigenvalue weighted by Gasteiger charge is 2.25. The van der Waals surface area contributed by atoms with Gasteiger partial charge in [0.2, 0.25) is 0 Å². The molecule has 0 radical (unpaired) electrons. The van der Waals surface area contributed by atoms with Crippen LogP contribution >= 0.6 is 0 Å². The van der Waals surface area contributed by atoms with Gasteiger partial charge in [-0.25, -0.2) is 9.59 Å². The zero-order chi connectivity index (χ0) is 14.3. The Labute approximate surface area is 111 Å². The maximum absolute atomic E-state index is 11.8. The fourth-order valence-corrected chi connectivity index (χ4v) is 1.91. The van der Waals surface area contributed by atoms with Crippen LogP contribution in [0.2, 0.25) is 0 Å². The van der Waals surface area contributed by atoms with Crippen molar-refractivity contribution in [3.63, 3.8) is 0 Å². The molecule has 108 valence electrons. The van der Waals surface area contributed by atoms with E-state index in [1.165, 1.54) is 0 Å². The van der Waals surface area contributed by atoms with Gasteiger partial charge >= 0.3 is 18.0 Å². The summed E-state index contributed by atoms with van der Waals surface area (Å²) >= 11 is 0. The van der Waals surface area contributed by atoms with Crippen molar-refractivity contribution in [1.82, 2.24) is 10.2 Å². The van der Waals surface area contributed by atoms with E-state index >= 15 is 0 Å². The van der Waals surface area contributed by atoms with Gasteiger partial charge in [-0.3, -0.25) is 4.79 Å². The number of nitrogens with one attached hydrogen (secondary N) is 1. The number of likely N-dealkylation sites (tertiary alicyclic amines) is 1. The van der Waals surface area contributed by atoms with Crippen LogP contribution in [0, 0.1) is 0 Å². The van der Waals surface area contributed by atoms with Crippen molar-refractivity contribution in [3.8, 4) is 0 Å². The highest BCUT2D eigenvalue weighted by atomic mass is 16.5. The molecule has 0 aromatic carbocycles. The lowest BCUT2D eigenvalue weighted by Crippen LogP contribution is -2.47. The molecule has 1 fully saturated rings. The number of carbonyl (C=O) groups excluding carboxylic acids is 2. The summed E-state index contributed by atoms with van der Waals surface area (Å²) in [5.74, 6) is -1.60. The normalized spacial score (nSPS) is 15.9. The topological polar surface area (TPSA) is 95.9 Å². The average Bonchev–Trinajstić information content (AvgIpc) is 2.88. The summed E-state index contributed by atoms with van der Waals surface area (Å²) in [6, 6.07) is -1.44. The number of esters is 1. The molecular formula is C12H20N2O5. The molecule has 0 unspecified atom stereocenters. The first-order chi connectivity index (χ1) is 9.04. The summed E-state index contributed by atoms with van der Waals surface area (Å²) in [5, 5.41) is 11.5. The van der Waals surface area contributed by atoms with Crippen LogP contribution in [0.5, 0.6) is 0 Å². The summed E-state index contributed by atoms with van der Waals surface area (Å²) in [6.45, 7) is 3.24. The van der Waals surface area contributed by atoms with E-state index in [4.69, 9.17) is 9.84 Å². The Balaban J connectivity index is 2.41. The van der Waals surface area contributed by atoms with E-state index in [1.54, 1.807) is 11.8 Å². The van der Waals surface area contributed by atoms with Gasteiger partial charge in [0, 0.05) is 19.5 Å². The predicted octanol–water partition coefficient (Wildman–Crippen LogP) is 0.588. The molecule has 1 saturated heterocycles. The zero-order valence-corrected chi connectivity index (χ0v) is 11.1. The van der Waals surface area contributed by atoms with Gasteiger partial charge in [0.15, 0.2) is 0 Å². The van der Waals surface area contributed by atoms with Gasteiger partial charge in [0.1, 0.15) is 6.04 Å². The Morgan fingerprint density at radius 2 is 1.95 bits per heavy atom. The number of ether oxygens (including phenoxy) is 1. The second-order valence-electron chi connectivity index (χ2n) is 4.38. The lowest BCUT2D eigenvalue weighted by atomic mass is 10.1. The Morgan fingerprint density at radius 3 is 2.47 bits per heavy atom. The second kappa shape index (κ2) is 7.60. The van der Waals surface area contributed by atoms with E-state index in [0.717, 1.165) is 12.8 Å². The minimum atomic E-state index is -1.14. The number of hydrogen-bond donors (Lipinski definition) is 2. The number of urea groups is 1. The molecule has 19 heavy (non-hydrogen) atoms. The minimum absolute atomic E-state index is 0.0227. The summed E-state index contributed by atoms with van der Waals surface area (Å²) in [4.78, 5) is 35.6. The molecule has 7 nitrogen and oxygen atoms in total. The molecule has 0 aliphatic carbocycles. The summed E-state index contributed by atoms with van der Waals surface area (Å²) in [6.07, 6.45) is 1.89. The van der Waals surface area contributed by atoms with E-state index in [2.05, 4.69) is 5.32 Å². The van der Waals surface area contributed by atoms with Crippen molar-refractivity contribution < 1.29 is 24.2 Å². The first-order valence-corrected chi connectivity index (χ1v) is 6.48. The quantitative estimate of drug-likeness (QED) is 0.690. The summed E-state index contributed by atoms with van der Waals surface area (Å²) in [7, 11) is 0. The van der Waals surface area contributed by atoms with Crippen molar-refractivity contribution in [2.45, 2.75) is 38.6 Å². The van der Waals surface area contributed by atoms with Crippen LogP contribution in [0.4, 0.5) is 4.79 Å². The van der Waals surface area contributed by atoms with E-state index in [-0.39, 0.29) is 25.5 Å². The van der Waals surface area contributed by atoms with Crippen LogP contribution in [0.1, 0.15) is 32.6 Å². The molecule has 2 N–H and O–H groups in total. The fourth-order valence-electron chi connectivity index (χ4n) is 1.91. The van der Waals surface area contributed by atoms with Gasteiger partial charge in [-0.05, 0) is 26.2 Å². The van der Waals surface area contributed by atoms with Gasteiger partial charge in [-0.2, -0.15) is 0 Å². The zero-order valence-electron chi connectivity index (χ0n) is 11.1. The molecule has 1 heterocycles. The number of carboxylic acids is 1. The first kappa shape index (κ1) is 15.3. The standard InChI is InChI=1S/C12H20N2O5/c1-2-19-10(15)6-5-9(11(16)17)13-12(18)14-7-3-4-8-14/h9H,2-8H2,1H3,(H,13,18)(H,16,17)/t9-/m0/s1. The van der Waals surface area contributed by atoms with Crippen LogP contribution in [0.3, 0.4) is 0 Å². The number of carboxylic acid groups (broad SMARTS) is 1. The fraction of sp³-hybridized carbons (Fsp3) is 0.750. The average molecular weight is 272 g/mol.